The van der Waals surface area contributed by atoms with Crippen molar-refractivity contribution in [3.8, 4) is 17.6 Å². The summed E-state index contributed by atoms with van der Waals surface area (Å²) < 4.78 is 10.5. The summed E-state index contributed by atoms with van der Waals surface area (Å²) in [6.07, 6.45) is 0.302. The van der Waals surface area contributed by atoms with E-state index < -0.39 is 71.4 Å². The minimum absolute atomic E-state index is 0.0221. The third-order valence-electron chi connectivity index (χ3n) is 10.7. The van der Waals surface area contributed by atoms with Gasteiger partial charge in [-0.05, 0) is 60.7 Å². The van der Waals surface area contributed by atoms with Crippen molar-refractivity contribution < 1.29 is 52.6 Å². The number of amides is 11. The van der Waals surface area contributed by atoms with Crippen LogP contribution in [0.4, 0.5) is 21.0 Å². The van der Waals surface area contributed by atoms with E-state index in [1.165, 1.54) is 74.5 Å². The Bertz CT molecular complexity index is 2430. The Labute approximate surface area is 418 Å². The summed E-state index contributed by atoms with van der Waals surface area (Å²) in [5.41, 5.74) is 5.73. The molecule has 0 spiro atoms. The zero-order chi connectivity index (χ0) is 53.3. The minimum atomic E-state index is -1.20. The number of ether oxygens (including phenoxy) is 2. The van der Waals surface area contributed by atoms with E-state index in [-0.39, 0.29) is 91.9 Å². The van der Waals surface area contributed by atoms with E-state index >= 15 is 0 Å². The molecule has 23 nitrogen and oxygen atoms in total. The highest BCUT2D eigenvalue weighted by atomic mass is 16.5. The number of carbonyl (C=O) groups excluding carboxylic acids is 9. The maximum Gasteiger partial charge on any atom is 0.321 e. The third kappa shape index (κ3) is 18.5. The van der Waals surface area contributed by atoms with Crippen LogP contribution in [-0.4, -0.2) is 136 Å². The molecule has 3 aromatic carbocycles. The average Bonchev–Trinajstić information content (AvgIpc) is 3.37. The summed E-state index contributed by atoms with van der Waals surface area (Å²) in [5.74, 6) is -4.78. The Morgan fingerprint density at radius 2 is 1.22 bits per heavy atom. The van der Waals surface area contributed by atoms with Crippen LogP contribution in [-0.2, 0) is 30.4 Å². The number of nitrogens with zero attached hydrogens (tertiary/aromatic N) is 3. The molecule has 0 unspecified atom stereocenters. The molecule has 0 aromatic heterocycles. The molecule has 0 radical (unpaired) electrons. The lowest BCUT2D eigenvalue weighted by molar-refractivity contribution is -0.136. The SMILES string of the molecule is CNC(=O)c1cc(NC(=O)C(=O)NCCCN(CCN(CCC#N)C(=O)Nc2ccc(OC)c(C(=O)NNC(=O)C(C)C)c2)C(=O)N[C@@H](Cc2ccccc2)C(=O)N[C@@H](CC(C)C)C(=O)NC)ccc1OC. The number of nitriles is 1. The van der Waals surface area contributed by atoms with Gasteiger partial charge >= 0.3 is 23.9 Å². The third-order valence-corrected chi connectivity index (χ3v) is 10.7. The van der Waals surface area contributed by atoms with E-state index in [1.54, 1.807) is 44.2 Å². The number of carbonyl (C=O) groups is 9. The van der Waals surface area contributed by atoms with Crippen molar-refractivity contribution in [3.05, 3.63) is 83.4 Å². The number of rotatable bonds is 24. The van der Waals surface area contributed by atoms with E-state index in [9.17, 15) is 48.4 Å². The highest BCUT2D eigenvalue weighted by molar-refractivity contribution is 6.39. The van der Waals surface area contributed by atoms with Crippen molar-refractivity contribution in [2.24, 2.45) is 11.8 Å². The Morgan fingerprint density at radius 3 is 1.78 bits per heavy atom. The van der Waals surface area contributed by atoms with E-state index in [4.69, 9.17) is 9.47 Å². The highest BCUT2D eigenvalue weighted by Crippen LogP contribution is 2.24. The number of hydrazine groups is 1. The molecule has 0 saturated carbocycles. The monoisotopic (exact) mass is 998 g/mol. The molecular formula is C49H66N12O11. The van der Waals surface area contributed by atoms with Gasteiger partial charge in [-0.2, -0.15) is 5.26 Å². The number of likely N-dealkylation sites (N-methyl/N-ethyl adjacent to an activating group) is 1. The van der Waals surface area contributed by atoms with Gasteiger partial charge in [0, 0.05) is 70.5 Å². The number of methoxy groups -OCH3 is 2. The molecule has 3 aromatic rings. The fourth-order valence-electron chi connectivity index (χ4n) is 6.84. The van der Waals surface area contributed by atoms with Gasteiger partial charge in [0.15, 0.2) is 0 Å². The molecular weight excluding hydrogens is 933 g/mol. The zero-order valence-corrected chi connectivity index (χ0v) is 41.9. The summed E-state index contributed by atoms with van der Waals surface area (Å²) in [4.78, 5) is 121. The van der Waals surface area contributed by atoms with Crippen LogP contribution in [0.3, 0.4) is 0 Å². The van der Waals surface area contributed by atoms with Gasteiger partial charge in [0.25, 0.3) is 11.8 Å². The van der Waals surface area contributed by atoms with Crippen LogP contribution in [0, 0.1) is 23.2 Å². The van der Waals surface area contributed by atoms with E-state index in [2.05, 4.69) is 48.1 Å². The molecule has 0 aliphatic heterocycles. The van der Waals surface area contributed by atoms with Crippen LogP contribution in [0.5, 0.6) is 11.5 Å². The number of urea groups is 2. The van der Waals surface area contributed by atoms with Crippen LogP contribution >= 0.6 is 0 Å². The summed E-state index contributed by atoms with van der Waals surface area (Å²) in [7, 11) is 5.59. The average molecular weight is 999 g/mol. The first kappa shape index (κ1) is 57.9. The lowest BCUT2D eigenvalue weighted by Gasteiger charge is -2.30. The molecule has 9 N–H and O–H groups in total. The second-order valence-corrected chi connectivity index (χ2v) is 16.9. The molecule has 0 aliphatic carbocycles. The van der Waals surface area contributed by atoms with Gasteiger partial charge in [-0.1, -0.05) is 58.0 Å². The van der Waals surface area contributed by atoms with Gasteiger partial charge in [-0.15, -0.1) is 0 Å². The maximum absolute atomic E-state index is 14.4. The van der Waals surface area contributed by atoms with Crippen LogP contribution in [0.15, 0.2) is 66.7 Å². The molecule has 0 heterocycles. The molecule has 0 saturated heterocycles. The van der Waals surface area contributed by atoms with Gasteiger partial charge in [0.1, 0.15) is 23.6 Å². The second kappa shape index (κ2) is 29.6. The van der Waals surface area contributed by atoms with Crippen molar-refractivity contribution >= 4 is 64.8 Å². The lowest BCUT2D eigenvalue weighted by Crippen LogP contribution is -2.57. The van der Waals surface area contributed by atoms with E-state index in [0.29, 0.717) is 12.0 Å². The highest BCUT2D eigenvalue weighted by Gasteiger charge is 2.29. The van der Waals surface area contributed by atoms with Crippen LogP contribution < -0.4 is 57.5 Å². The molecule has 0 fully saturated rings. The Balaban J connectivity index is 1.89. The van der Waals surface area contributed by atoms with Crippen molar-refractivity contribution in [1.82, 2.24) is 47.2 Å². The van der Waals surface area contributed by atoms with Gasteiger partial charge in [-0.3, -0.25) is 44.4 Å². The molecule has 11 amide bonds. The van der Waals surface area contributed by atoms with E-state index in [1.807, 2.05) is 19.9 Å². The van der Waals surface area contributed by atoms with Gasteiger partial charge in [0.2, 0.25) is 17.7 Å². The van der Waals surface area contributed by atoms with Crippen molar-refractivity contribution in [2.75, 3.05) is 71.7 Å². The topological polar surface area (TPSA) is 311 Å². The summed E-state index contributed by atoms with van der Waals surface area (Å²) in [5, 5.41) is 27.8. The first-order valence-corrected chi connectivity index (χ1v) is 23.2. The number of hydrogen-bond donors (Lipinski definition) is 9. The number of benzene rings is 3. The van der Waals surface area contributed by atoms with Crippen LogP contribution in [0.1, 0.15) is 73.2 Å². The van der Waals surface area contributed by atoms with Crippen LogP contribution in [0.25, 0.3) is 0 Å². The summed E-state index contributed by atoms with van der Waals surface area (Å²) in [6.45, 7) is 6.44. The standard InChI is InChI=1S/C49H66N12O11/c1-30(2)26-37(44(65)52-6)56-45(66)38(27-32-14-10-9-11-15-32)57-49(70)61(23-13-21-53-46(67)47(68)54-33-16-18-39(71-7)35(28-33)42(63)51-5)25-24-60(22-12-20-50)48(69)55-34-17-19-40(72-8)36(29-34)43(64)59-58-41(62)31(3)4/h9-11,14-19,28-31,37-38H,12-13,21-27H2,1-8H3,(H,51,63)(H,52,65)(H,53,67)(H,54,68)(H,55,69)(H,56,66)(H,57,70)(H,58,62)(H,59,64)/t37-,38-/m0/s1. The maximum atomic E-state index is 14.4. The second-order valence-electron chi connectivity index (χ2n) is 16.9. The van der Waals surface area contributed by atoms with Gasteiger partial charge in [-0.25, -0.2) is 9.59 Å². The predicted octanol–water partition coefficient (Wildman–Crippen LogP) is 2.27. The first-order valence-electron chi connectivity index (χ1n) is 23.2. The molecule has 0 bridgehead atoms. The molecule has 72 heavy (non-hydrogen) atoms. The van der Waals surface area contributed by atoms with Crippen LogP contribution in [0.2, 0.25) is 0 Å². The smallest absolute Gasteiger partial charge is 0.321 e. The molecule has 2 atom stereocenters. The zero-order valence-electron chi connectivity index (χ0n) is 41.9. The molecule has 23 heteroatoms. The van der Waals surface area contributed by atoms with Gasteiger partial charge in [0.05, 0.1) is 37.8 Å². The first-order chi connectivity index (χ1) is 34.3. The lowest BCUT2D eigenvalue weighted by atomic mass is 10.0. The Hall–Kier alpha value is -8.42. The summed E-state index contributed by atoms with van der Waals surface area (Å²) >= 11 is 0. The fourth-order valence-corrected chi connectivity index (χ4v) is 6.84. The number of anilines is 2. The summed E-state index contributed by atoms with van der Waals surface area (Å²) in [6, 6.07) is 15.8. The molecule has 0 aliphatic rings. The normalized spacial score (nSPS) is 11.3. The van der Waals surface area contributed by atoms with Gasteiger partial charge < -0.3 is 56.5 Å². The number of hydrogen-bond acceptors (Lipinski definition) is 12. The quantitative estimate of drug-likeness (QED) is 0.0355. The molecule has 388 valence electrons. The number of nitrogens with one attached hydrogen (secondary N) is 9. The largest absolute Gasteiger partial charge is 0.496 e. The van der Waals surface area contributed by atoms with Crippen molar-refractivity contribution in [3.63, 3.8) is 0 Å². The Kier molecular flexibility index (Phi) is 23.8. The molecule has 3 rings (SSSR count). The minimum Gasteiger partial charge on any atom is -0.496 e. The fraction of sp³-hybridized carbons (Fsp3) is 0.429. The van der Waals surface area contributed by atoms with Crippen molar-refractivity contribution in [2.45, 2.75) is 65.5 Å². The predicted molar refractivity (Wildman–Crippen MR) is 266 cm³/mol. The van der Waals surface area contributed by atoms with Crippen molar-refractivity contribution in [1.29, 1.82) is 5.26 Å². The van der Waals surface area contributed by atoms with E-state index in [0.717, 1.165) is 0 Å². The Morgan fingerprint density at radius 1 is 0.625 bits per heavy atom.